The molecule has 2 aromatic heterocycles. The van der Waals surface area contributed by atoms with Crippen molar-refractivity contribution in [2.24, 2.45) is 36.1 Å². The van der Waals surface area contributed by atoms with Crippen LogP contribution in [0.5, 0.6) is 5.75 Å². The Morgan fingerprint density at radius 1 is 0.944 bits per heavy atom. The third-order valence-electron chi connectivity index (χ3n) is 12.1. The van der Waals surface area contributed by atoms with Gasteiger partial charge in [0.05, 0.1) is 40.3 Å². The van der Waals surface area contributed by atoms with Gasteiger partial charge in [0, 0.05) is 34.3 Å². The van der Waals surface area contributed by atoms with Gasteiger partial charge in [-0.1, -0.05) is 59.6 Å². The smallest absolute Gasteiger partial charge is 0.242 e. The molecule has 0 bridgehead atoms. The van der Waals surface area contributed by atoms with E-state index in [1.54, 1.807) is 59.5 Å². The lowest BCUT2D eigenvalue weighted by Gasteiger charge is -2.49. The van der Waals surface area contributed by atoms with Crippen molar-refractivity contribution < 1.29 is 29.0 Å². The van der Waals surface area contributed by atoms with Gasteiger partial charge in [-0.3, -0.25) is 28.8 Å². The Labute approximate surface area is 320 Å². The Morgan fingerprint density at radius 2 is 1.70 bits per heavy atom. The molecule has 0 spiro atoms. The number of aliphatic hydroxyl groups excluding tert-OH is 1. The molecular formula is C42H37ClN4O6S. The Morgan fingerprint density at radius 3 is 2.48 bits per heavy atom. The number of halogens is 1. The molecule has 0 radical (unpaired) electrons. The molecule has 2 saturated heterocycles. The van der Waals surface area contributed by atoms with Crippen LogP contribution in [-0.4, -0.2) is 51.7 Å². The molecule has 2 aliphatic carbocycles. The van der Waals surface area contributed by atoms with Crippen LogP contribution in [-0.2, 0) is 26.2 Å². The van der Waals surface area contributed by atoms with Crippen molar-refractivity contribution in [2.45, 2.75) is 32.6 Å². The first kappa shape index (κ1) is 34.7. The zero-order valence-electron chi connectivity index (χ0n) is 29.9. The summed E-state index contributed by atoms with van der Waals surface area (Å²) in [6.07, 6.45) is 2.58. The molecule has 10 nitrogen and oxygen atoms in total. The average Bonchev–Trinajstić information content (AvgIpc) is 3.84. The summed E-state index contributed by atoms with van der Waals surface area (Å²) in [6, 6.07) is 23.9. The molecular weight excluding hydrogens is 724 g/mol. The molecule has 2 aliphatic heterocycles. The van der Waals surface area contributed by atoms with Crippen molar-refractivity contribution in [3.05, 3.63) is 107 Å². The number of allylic oxidation sites excluding steroid dienone is 2. The van der Waals surface area contributed by atoms with Crippen LogP contribution in [0, 0.1) is 36.0 Å². The van der Waals surface area contributed by atoms with Crippen molar-refractivity contribution in [3.63, 3.8) is 0 Å². The molecule has 6 atom stereocenters. The molecule has 54 heavy (non-hydrogen) atoms. The second kappa shape index (κ2) is 12.8. The minimum Gasteiger partial charge on any atom is -0.491 e. The molecule has 3 fully saturated rings. The monoisotopic (exact) mass is 760 g/mol. The van der Waals surface area contributed by atoms with Crippen molar-refractivity contribution in [2.75, 3.05) is 23.0 Å². The van der Waals surface area contributed by atoms with E-state index in [4.69, 9.17) is 21.4 Å². The van der Waals surface area contributed by atoms with Crippen molar-refractivity contribution in [1.29, 1.82) is 0 Å². The molecule has 1 N–H and O–H groups in total. The summed E-state index contributed by atoms with van der Waals surface area (Å²) in [7, 11) is 1.73. The number of hydrogen-bond acceptors (Lipinski definition) is 8. The first-order valence-corrected chi connectivity index (χ1v) is 19.3. The second-order valence-corrected chi connectivity index (χ2v) is 16.3. The molecule has 4 amide bonds. The standard InChI is InChI=1S/C42H37ClN4O6S/c1-22-28-19-23(43)13-16-33(28)54-37(22)31-21-34(45(3)44-31)47-39(50)30-20-29-25(14-15-27-35(29)40(51)46(38(27)49)24-9-5-4-6-10-24)36(42(30,2)41(47)52)26-11-7-8-12-32(26)53-18-17-48/h4-14,16,19,21,27,29-30,35-36,48H,15,17-18,20H2,1-3H3/t27-,29+,30-,35-,36+,42+/m0/s1. The summed E-state index contributed by atoms with van der Waals surface area (Å²) in [4.78, 5) is 62.0. The number of benzene rings is 3. The molecule has 1 saturated carbocycles. The molecule has 3 aromatic carbocycles. The van der Waals surface area contributed by atoms with E-state index in [2.05, 4.69) is 0 Å². The Balaban J connectivity index is 1.17. The van der Waals surface area contributed by atoms with Gasteiger partial charge in [0.15, 0.2) is 0 Å². The highest BCUT2D eigenvalue weighted by molar-refractivity contribution is 7.22. The van der Waals surface area contributed by atoms with E-state index in [1.807, 2.05) is 62.4 Å². The number of aromatic nitrogens is 2. The number of ether oxygens (including phenoxy) is 1. The molecule has 9 rings (SSSR count). The molecule has 0 unspecified atom stereocenters. The van der Waals surface area contributed by atoms with E-state index < -0.39 is 35.0 Å². The van der Waals surface area contributed by atoms with Crippen LogP contribution >= 0.6 is 22.9 Å². The maximum absolute atomic E-state index is 15.2. The summed E-state index contributed by atoms with van der Waals surface area (Å²) in [5, 5.41) is 16.2. The van der Waals surface area contributed by atoms with Crippen LogP contribution in [0.15, 0.2) is 90.5 Å². The van der Waals surface area contributed by atoms with E-state index in [0.29, 0.717) is 40.0 Å². The lowest BCUT2D eigenvalue weighted by Crippen LogP contribution is -2.49. The predicted molar refractivity (Wildman–Crippen MR) is 206 cm³/mol. The highest BCUT2D eigenvalue weighted by Crippen LogP contribution is 2.64. The normalized spacial score (nSPS) is 26.3. The van der Waals surface area contributed by atoms with E-state index in [1.165, 1.54) is 9.80 Å². The van der Waals surface area contributed by atoms with Crippen LogP contribution in [0.25, 0.3) is 20.7 Å². The van der Waals surface area contributed by atoms with Crippen LogP contribution in [0.3, 0.4) is 0 Å². The van der Waals surface area contributed by atoms with Gasteiger partial charge in [-0.05, 0) is 80.0 Å². The molecule has 4 heterocycles. The topological polar surface area (TPSA) is 122 Å². The summed E-state index contributed by atoms with van der Waals surface area (Å²) in [5.41, 5.74) is 2.44. The quantitative estimate of drug-likeness (QED) is 0.139. The number of aryl methyl sites for hydroxylation is 2. The summed E-state index contributed by atoms with van der Waals surface area (Å²) >= 11 is 7.90. The largest absolute Gasteiger partial charge is 0.491 e. The Bertz CT molecular complexity index is 2440. The number of nitrogens with zero attached hydrogens (tertiary/aromatic N) is 4. The maximum atomic E-state index is 15.2. The van der Waals surface area contributed by atoms with Gasteiger partial charge in [-0.2, -0.15) is 5.10 Å². The van der Waals surface area contributed by atoms with Gasteiger partial charge in [0.25, 0.3) is 0 Å². The summed E-state index contributed by atoms with van der Waals surface area (Å²) in [6.45, 7) is 3.69. The number of amides is 4. The summed E-state index contributed by atoms with van der Waals surface area (Å²) in [5.74, 6) is -3.66. The van der Waals surface area contributed by atoms with Gasteiger partial charge < -0.3 is 9.84 Å². The van der Waals surface area contributed by atoms with E-state index in [0.717, 1.165) is 26.1 Å². The third-order valence-corrected chi connectivity index (χ3v) is 13.6. The number of carbonyl (C=O) groups is 4. The average molecular weight is 761 g/mol. The fourth-order valence-corrected chi connectivity index (χ4v) is 10.9. The maximum Gasteiger partial charge on any atom is 0.242 e. The first-order valence-electron chi connectivity index (χ1n) is 18.1. The zero-order valence-corrected chi connectivity index (χ0v) is 31.4. The van der Waals surface area contributed by atoms with Gasteiger partial charge in [-0.25, -0.2) is 4.90 Å². The number of aliphatic hydroxyl groups is 1. The molecule has 5 aromatic rings. The van der Waals surface area contributed by atoms with E-state index >= 15 is 4.79 Å². The number of thiophene rings is 1. The fourth-order valence-electron chi connectivity index (χ4n) is 9.63. The van der Waals surface area contributed by atoms with E-state index in [-0.39, 0.29) is 43.3 Å². The first-order chi connectivity index (χ1) is 26.0. The van der Waals surface area contributed by atoms with Crippen molar-refractivity contribution in [1.82, 2.24) is 9.78 Å². The SMILES string of the molecule is Cc1c(-c2cc(N3C(=O)[C@@H]4C[C@@H]5C(=CC[C@@H]6C(=O)N(c7ccccc7)C(=O)[C@@H]65)[C@H](c5ccccc5OCCO)[C@]4(C)C3=O)n(C)n2)sc2ccc(Cl)cc12. The predicted octanol–water partition coefficient (Wildman–Crippen LogP) is 7.07. The van der Waals surface area contributed by atoms with E-state index in [9.17, 15) is 19.5 Å². The lowest BCUT2D eigenvalue weighted by molar-refractivity contribution is -0.131. The van der Waals surface area contributed by atoms with Gasteiger partial charge in [-0.15, -0.1) is 11.3 Å². The molecule has 12 heteroatoms. The van der Waals surface area contributed by atoms with Crippen molar-refractivity contribution in [3.8, 4) is 16.3 Å². The number of para-hydroxylation sites is 2. The zero-order chi connectivity index (χ0) is 37.6. The van der Waals surface area contributed by atoms with Crippen LogP contribution in [0.4, 0.5) is 11.5 Å². The Kier molecular flexibility index (Phi) is 8.18. The molecule has 274 valence electrons. The second-order valence-electron chi connectivity index (χ2n) is 14.8. The van der Waals surface area contributed by atoms with Crippen LogP contribution < -0.4 is 14.5 Å². The number of carbonyl (C=O) groups excluding carboxylic acids is 4. The number of hydrogen-bond donors (Lipinski definition) is 1. The van der Waals surface area contributed by atoms with Crippen LogP contribution in [0.1, 0.15) is 36.8 Å². The summed E-state index contributed by atoms with van der Waals surface area (Å²) < 4.78 is 8.69. The number of fused-ring (bicyclic) bond motifs is 5. The van der Waals surface area contributed by atoms with Gasteiger partial charge >= 0.3 is 0 Å². The minimum absolute atomic E-state index is 0.0379. The van der Waals surface area contributed by atoms with Crippen LogP contribution in [0.2, 0.25) is 5.02 Å². The number of rotatable bonds is 7. The Hall–Kier alpha value is -5.10. The van der Waals surface area contributed by atoms with Gasteiger partial charge in [0.1, 0.15) is 23.9 Å². The lowest BCUT2D eigenvalue weighted by atomic mass is 9.51. The number of anilines is 2. The van der Waals surface area contributed by atoms with Crippen molar-refractivity contribution >= 4 is 68.2 Å². The molecule has 4 aliphatic rings. The fraction of sp³-hybridized carbons (Fsp3) is 0.310. The third kappa shape index (κ3) is 4.91. The van der Waals surface area contributed by atoms with Gasteiger partial charge in [0.2, 0.25) is 23.6 Å². The highest BCUT2D eigenvalue weighted by Gasteiger charge is 2.68. The highest BCUT2D eigenvalue weighted by atomic mass is 35.5. The minimum atomic E-state index is -1.27. The number of imide groups is 2.